The second-order valence-electron chi connectivity index (χ2n) is 3.84. The minimum absolute atomic E-state index is 0.00810. The first kappa shape index (κ1) is 14.0. The molecule has 0 aliphatic heterocycles. The summed E-state index contributed by atoms with van der Waals surface area (Å²) in [6, 6.07) is -0.808. The second-order valence-corrected chi connectivity index (χ2v) is 3.84. The predicted molar refractivity (Wildman–Crippen MR) is 62.4 cm³/mol. The van der Waals surface area contributed by atoms with Crippen molar-refractivity contribution in [1.82, 2.24) is 15.0 Å². The number of rotatable bonds is 8. The highest BCUT2D eigenvalue weighted by molar-refractivity contribution is 5.73. The molecule has 1 rings (SSSR count). The summed E-state index contributed by atoms with van der Waals surface area (Å²) in [5.41, 5.74) is 0.591. The lowest BCUT2D eigenvalue weighted by Gasteiger charge is -2.14. The van der Waals surface area contributed by atoms with Crippen LogP contribution < -0.4 is 11.2 Å². The smallest absolute Gasteiger partial charge is 0.321 e. The number of aliphatic carboxylic acids is 2. The van der Waals surface area contributed by atoms with E-state index in [9.17, 15) is 9.59 Å². The molecule has 0 aliphatic rings. The van der Waals surface area contributed by atoms with Gasteiger partial charge in [0.2, 0.25) is 0 Å². The van der Waals surface area contributed by atoms with Gasteiger partial charge in [-0.15, -0.1) is 0 Å². The zero-order chi connectivity index (χ0) is 13.5. The fourth-order valence-electron chi connectivity index (χ4n) is 1.46. The number of hydrogen-bond acceptors (Lipinski definition) is 5. The average Bonchev–Trinajstić information content (AvgIpc) is 2.68. The quantitative estimate of drug-likeness (QED) is 0.348. The van der Waals surface area contributed by atoms with Crippen molar-refractivity contribution in [3.8, 4) is 0 Å². The molecule has 8 nitrogen and oxygen atoms in total. The van der Waals surface area contributed by atoms with E-state index < -0.39 is 18.0 Å². The topological polar surface area (TPSA) is 130 Å². The van der Waals surface area contributed by atoms with E-state index in [2.05, 4.69) is 10.3 Å². The Bertz CT molecular complexity index is 418. The van der Waals surface area contributed by atoms with Crippen LogP contribution in [-0.4, -0.2) is 44.4 Å². The number of nitrogen functional groups attached to an aromatic ring is 1. The van der Waals surface area contributed by atoms with Crippen molar-refractivity contribution < 1.29 is 19.8 Å². The fourth-order valence-corrected chi connectivity index (χ4v) is 1.46. The highest BCUT2D eigenvalue weighted by atomic mass is 16.4. The lowest BCUT2D eigenvalue weighted by atomic mass is 10.1. The highest BCUT2D eigenvalue weighted by Crippen LogP contribution is 2.01. The van der Waals surface area contributed by atoms with Gasteiger partial charge < -0.3 is 21.4 Å². The number of carbonyl (C=O) groups is 2. The van der Waals surface area contributed by atoms with Crippen LogP contribution in [0.5, 0.6) is 0 Å². The lowest BCUT2D eigenvalue weighted by Crippen LogP contribution is -2.40. The Morgan fingerprint density at radius 2 is 2.22 bits per heavy atom. The Morgan fingerprint density at radius 3 is 2.72 bits per heavy atom. The van der Waals surface area contributed by atoms with E-state index in [0.29, 0.717) is 18.7 Å². The number of hydrogen-bond donors (Lipinski definition) is 4. The van der Waals surface area contributed by atoms with Crippen LogP contribution >= 0.6 is 0 Å². The Labute approximate surface area is 103 Å². The molecule has 8 heteroatoms. The second kappa shape index (κ2) is 6.60. The van der Waals surface area contributed by atoms with Gasteiger partial charge in [-0.3, -0.25) is 14.3 Å². The van der Waals surface area contributed by atoms with Crippen molar-refractivity contribution in [3.63, 3.8) is 0 Å². The van der Waals surface area contributed by atoms with E-state index >= 15 is 0 Å². The van der Waals surface area contributed by atoms with Crippen molar-refractivity contribution in [2.24, 2.45) is 0 Å². The van der Waals surface area contributed by atoms with Crippen LogP contribution in [0.4, 0.5) is 0 Å². The van der Waals surface area contributed by atoms with Gasteiger partial charge in [-0.25, -0.2) is 4.98 Å². The summed E-state index contributed by atoms with van der Waals surface area (Å²) in [5.74, 6) is 3.63. The number of carboxylic acid groups (broad SMARTS) is 2. The normalized spacial score (nSPS) is 12.2. The van der Waals surface area contributed by atoms with Crippen LogP contribution in [0, 0.1) is 0 Å². The number of carboxylic acids is 2. The molecule has 1 aromatic heterocycles. The SMILES string of the molecule is Nn1cncc1C[C@H](NCCCC(=O)O)C(=O)O. The molecule has 0 aromatic carbocycles. The van der Waals surface area contributed by atoms with Crippen molar-refractivity contribution >= 4 is 11.9 Å². The fraction of sp³-hybridized carbons (Fsp3) is 0.500. The first-order valence-corrected chi connectivity index (χ1v) is 5.45. The lowest BCUT2D eigenvalue weighted by molar-refractivity contribution is -0.139. The summed E-state index contributed by atoms with van der Waals surface area (Å²) in [7, 11) is 0. The van der Waals surface area contributed by atoms with E-state index in [1.165, 1.54) is 17.2 Å². The molecule has 1 atom stereocenters. The van der Waals surface area contributed by atoms with Crippen LogP contribution in [0.3, 0.4) is 0 Å². The maximum atomic E-state index is 11.0. The molecule has 0 amide bonds. The van der Waals surface area contributed by atoms with Crippen LogP contribution in [0.25, 0.3) is 0 Å². The van der Waals surface area contributed by atoms with Crippen molar-refractivity contribution in [3.05, 3.63) is 18.2 Å². The number of nitrogens with one attached hydrogen (secondary N) is 1. The van der Waals surface area contributed by atoms with Crippen molar-refractivity contribution in [2.75, 3.05) is 12.4 Å². The molecule has 0 spiro atoms. The monoisotopic (exact) mass is 256 g/mol. The molecular weight excluding hydrogens is 240 g/mol. The van der Waals surface area contributed by atoms with Gasteiger partial charge in [-0.05, 0) is 13.0 Å². The Hall–Kier alpha value is -2.09. The van der Waals surface area contributed by atoms with E-state index in [1.54, 1.807) is 0 Å². The van der Waals surface area contributed by atoms with Crippen molar-refractivity contribution in [1.29, 1.82) is 0 Å². The Balaban J connectivity index is 2.43. The van der Waals surface area contributed by atoms with E-state index in [0.717, 1.165) is 0 Å². The van der Waals surface area contributed by atoms with Crippen molar-refractivity contribution in [2.45, 2.75) is 25.3 Å². The molecule has 1 heterocycles. The molecule has 5 N–H and O–H groups in total. The zero-order valence-electron chi connectivity index (χ0n) is 9.74. The van der Waals surface area contributed by atoms with Gasteiger partial charge in [0, 0.05) is 12.8 Å². The Kier molecular flexibility index (Phi) is 5.12. The van der Waals surface area contributed by atoms with Crippen LogP contribution in [0.2, 0.25) is 0 Å². The van der Waals surface area contributed by atoms with E-state index in [1.807, 2.05) is 0 Å². The van der Waals surface area contributed by atoms with E-state index in [-0.39, 0.29) is 12.8 Å². The first-order chi connectivity index (χ1) is 8.50. The standard InChI is InChI=1S/C10H16N4O4/c11-14-6-12-5-7(14)4-8(10(17)18)13-3-1-2-9(15)16/h5-6,8,13H,1-4,11H2,(H,15,16)(H,17,18)/t8-/m0/s1. The minimum Gasteiger partial charge on any atom is -0.481 e. The summed E-state index contributed by atoms with van der Waals surface area (Å²) in [4.78, 5) is 25.1. The molecule has 0 fully saturated rings. The third-order valence-corrected chi connectivity index (χ3v) is 2.42. The van der Waals surface area contributed by atoms with Gasteiger partial charge in [0.15, 0.2) is 0 Å². The van der Waals surface area contributed by atoms with Gasteiger partial charge in [0.25, 0.3) is 0 Å². The molecule has 0 aliphatic carbocycles. The predicted octanol–water partition coefficient (Wildman–Crippen LogP) is -0.953. The largest absolute Gasteiger partial charge is 0.481 e. The highest BCUT2D eigenvalue weighted by Gasteiger charge is 2.18. The van der Waals surface area contributed by atoms with Gasteiger partial charge in [0.05, 0.1) is 11.9 Å². The van der Waals surface area contributed by atoms with Crippen LogP contribution in [0.1, 0.15) is 18.5 Å². The molecular formula is C10H16N4O4. The van der Waals surface area contributed by atoms with E-state index in [4.69, 9.17) is 16.1 Å². The number of imidazole rings is 1. The van der Waals surface area contributed by atoms with Gasteiger partial charge in [-0.1, -0.05) is 0 Å². The third kappa shape index (κ3) is 4.42. The minimum atomic E-state index is -1.01. The molecule has 0 saturated carbocycles. The van der Waals surface area contributed by atoms with Crippen LogP contribution in [0.15, 0.2) is 12.5 Å². The molecule has 1 aromatic rings. The summed E-state index contributed by atoms with van der Waals surface area (Å²) >= 11 is 0. The summed E-state index contributed by atoms with van der Waals surface area (Å²) in [6.07, 6.45) is 3.46. The number of aromatic nitrogens is 2. The summed E-state index contributed by atoms with van der Waals surface area (Å²) in [5, 5.41) is 20.3. The molecule has 100 valence electrons. The zero-order valence-corrected chi connectivity index (χ0v) is 9.74. The van der Waals surface area contributed by atoms with Gasteiger partial charge in [-0.2, -0.15) is 0 Å². The number of nitrogens with zero attached hydrogens (tertiary/aromatic N) is 2. The molecule has 0 bridgehead atoms. The Morgan fingerprint density at radius 1 is 1.50 bits per heavy atom. The summed E-state index contributed by atoms with van der Waals surface area (Å²) < 4.78 is 1.26. The maximum Gasteiger partial charge on any atom is 0.321 e. The maximum absolute atomic E-state index is 11.0. The third-order valence-electron chi connectivity index (χ3n) is 2.42. The summed E-state index contributed by atoms with van der Waals surface area (Å²) in [6.45, 7) is 0.321. The molecule has 0 radical (unpaired) electrons. The van der Waals surface area contributed by atoms with Gasteiger partial charge >= 0.3 is 11.9 Å². The van der Waals surface area contributed by atoms with Crippen LogP contribution in [-0.2, 0) is 16.0 Å². The molecule has 18 heavy (non-hydrogen) atoms. The first-order valence-electron chi connectivity index (χ1n) is 5.45. The molecule has 0 saturated heterocycles. The number of nitrogens with two attached hydrogens (primary N) is 1. The average molecular weight is 256 g/mol. The van der Waals surface area contributed by atoms with Gasteiger partial charge in [0.1, 0.15) is 12.4 Å². The molecule has 0 unspecified atom stereocenters.